The van der Waals surface area contributed by atoms with Crippen molar-refractivity contribution >= 4 is 28.2 Å². The van der Waals surface area contributed by atoms with Crippen molar-refractivity contribution in [2.24, 2.45) is 0 Å². The fourth-order valence-corrected chi connectivity index (χ4v) is 4.17. The molecule has 0 spiro atoms. The van der Waals surface area contributed by atoms with Crippen LogP contribution in [-0.4, -0.2) is 23.6 Å². The van der Waals surface area contributed by atoms with Gasteiger partial charge in [0.15, 0.2) is 5.76 Å². The van der Waals surface area contributed by atoms with Gasteiger partial charge in [-0.1, -0.05) is 0 Å². The topological polar surface area (TPSA) is 77.8 Å². The van der Waals surface area contributed by atoms with Gasteiger partial charge in [0.2, 0.25) is 0 Å². The summed E-state index contributed by atoms with van der Waals surface area (Å²) in [5.74, 6) is -0.657. The Balaban J connectivity index is 2.01. The SMILES string of the molecule is C[C@H]1Cc2c(sc(NC(=O)c3ccco3)c2C(=O)OC(C)(C)C)[C@@H](C)O1. The van der Waals surface area contributed by atoms with Crippen molar-refractivity contribution in [1.82, 2.24) is 0 Å². The van der Waals surface area contributed by atoms with E-state index in [1.54, 1.807) is 12.1 Å². The molecule has 1 aliphatic heterocycles. The molecule has 2 atom stereocenters. The van der Waals surface area contributed by atoms with Crippen LogP contribution in [0.5, 0.6) is 0 Å². The second-order valence-electron chi connectivity index (χ2n) is 7.38. The monoisotopic (exact) mass is 377 g/mol. The predicted octanol–water partition coefficient (Wildman–Crippen LogP) is 4.57. The van der Waals surface area contributed by atoms with Gasteiger partial charge in [0, 0.05) is 11.3 Å². The zero-order chi connectivity index (χ0) is 19.1. The summed E-state index contributed by atoms with van der Waals surface area (Å²) in [6, 6.07) is 3.21. The molecule has 0 saturated heterocycles. The molecule has 140 valence electrons. The van der Waals surface area contributed by atoms with Gasteiger partial charge in [0.1, 0.15) is 10.6 Å². The Morgan fingerprint density at radius 2 is 2.04 bits per heavy atom. The average Bonchev–Trinajstić information content (AvgIpc) is 3.12. The van der Waals surface area contributed by atoms with Crippen molar-refractivity contribution in [3.8, 4) is 0 Å². The summed E-state index contributed by atoms with van der Waals surface area (Å²) in [6.07, 6.45) is 1.87. The van der Waals surface area contributed by atoms with E-state index in [-0.39, 0.29) is 18.0 Å². The number of amides is 1. The van der Waals surface area contributed by atoms with Gasteiger partial charge in [0.25, 0.3) is 5.91 Å². The molecule has 0 unspecified atom stereocenters. The number of esters is 1. The first-order valence-electron chi connectivity index (χ1n) is 8.55. The molecular formula is C19H23NO5S. The molecule has 1 amide bonds. The van der Waals surface area contributed by atoms with Gasteiger partial charge in [-0.05, 0) is 52.3 Å². The largest absolute Gasteiger partial charge is 0.459 e. The zero-order valence-corrected chi connectivity index (χ0v) is 16.4. The highest BCUT2D eigenvalue weighted by Gasteiger charge is 2.34. The van der Waals surface area contributed by atoms with Crippen LogP contribution in [0.4, 0.5) is 5.00 Å². The summed E-state index contributed by atoms with van der Waals surface area (Å²) in [4.78, 5) is 26.2. The molecular weight excluding hydrogens is 354 g/mol. The maximum Gasteiger partial charge on any atom is 0.341 e. The molecule has 0 saturated carbocycles. The highest BCUT2D eigenvalue weighted by Crippen LogP contribution is 2.43. The summed E-state index contributed by atoms with van der Waals surface area (Å²) in [5.41, 5.74) is 0.684. The third-order valence-corrected chi connectivity index (χ3v) is 5.22. The van der Waals surface area contributed by atoms with Gasteiger partial charge in [-0.3, -0.25) is 4.79 Å². The normalized spacial score (nSPS) is 19.7. The van der Waals surface area contributed by atoms with E-state index in [9.17, 15) is 9.59 Å². The lowest BCUT2D eigenvalue weighted by atomic mass is 9.98. The Hall–Kier alpha value is -2.12. The molecule has 0 aliphatic carbocycles. The maximum absolute atomic E-state index is 12.9. The highest BCUT2D eigenvalue weighted by atomic mass is 32.1. The van der Waals surface area contributed by atoms with E-state index in [0.29, 0.717) is 17.0 Å². The molecule has 2 aromatic rings. The Morgan fingerprint density at radius 3 is 2.65 bits per heavy atom. The van der Waals surface area contributed by atoms with Gasteiger partial charge in [-0.2, -0.15) is 0 Å². The number of carbonyl (C=O) groups excluding carboxylic acids is 2. The van der Waals surface area contributed by atoms with E-state index in [2.05, 4.69) is 5.32 Å². The third-order valence-electron chi connectivity index (χ3n) is 3.91. The lowest BCUT2D eigenvalue weighted by Gasteiger charge is -2.26. The average molecular weight is 377 g/mol. The Morgan fingerprint density at radius 1 is 1.31 bits per heavy atom. The lowest BCUT2D eigenvalue weighted by molar-refractivity contribution is -0.00384. The first kappa shape index (κ1) is 18.7. The van der Waals surface area contributed by atoms with Crippen LogP contribution in [0.3, 0.4) is 0 Å². The molecule has 0 aromatic carbocycles. The third kappa shape index (κ3) is 3.83. The van der Waals surface area contributed by atoms with Crippen molar-refractivity contribution in [3.63, 3.8) is 0 Å². The second kappa shape index (κ2) is 6.89. The first-order valence-corrected chi connectivity index (χ1v) is 9.36. The number of nitrogens with one attached hydrogen (secondary N) is 1. The van der Waals surface area contributed by atoms with E-state index in [4.69, 9.17) is 13.9 Å². The molecule has 3 rings (SSSR count). The lowest BCUT2D eigenvalue weighted by Crippen LogP contribution is -2.27. The highest BCUT2D eigenvalue weighted by molar-refractivity contribution is 7.17. The van der Waals surface area contributed by atoms with Crippen molar-refractivity contribution in [3.05, 3.63) is 40.2 Å². The maximum atomic E-state index is 12.9. The van der Waals surface area contributed by atoms with Crippen molar-refractivity contribution in [1.29, 1.82) is 0 Å². The fraction of sp³-hybridized carbons (Fsp3) is 0.474. The first-order chi connectivity index (χ1) is 12.2. The van der Waals surface area contributed by atoms with Crippen molar-refractivity contribution in [2.75, 3.05) is 5.32 Å². The number of carbonyl (C=O) groups is 2. The Bertz CT molecular complexity index is 816. The summed E-state index contributed by atoms with van der Waals surface area (Å²) in [6.45, 7) is 9.37. The van der Waals surface area contributed by atoms with E-state index in [0.717, 1.165) is 10.4 Å². The smallest absolute Gasteiger partial charge is 0.341 e. The van der Waals surface area contributed by atoms with Crippen LogP contribution in [0.25, 0.3) is 0 Å². The molecule has 1 aliphatic rings. The van der Waals surface area contributed by atoms with E-state index in [1.807, 2.05) is 34.6 Å². The van der Waals surface area contributed by atoms with E-state index < -0.39 is 17.5 Å². The number of rotatable bonds is 3. The summed E-state index contributed by atoms with van der Waals surface area (Å²) in [5, 5.41) is 3.27. The van der Waals surface area contributed by atoms with Crippen LogP contribution < -0.4 is 5.32 Å². The Kier molecular flexibility index (Phi) is 4.94. The molecule has 7 heteroatoms. The van der Waals surface area contributed by atoms with Crippen LogP contribution in [0, 0.1) is 0 Å². The number of thiophene rings is 1. The standard InChI is InChI=1S/C19H23NO5S/c1-10-9-12-14(18(22)25-19(3,4)5)17(26-15(12)11(2)24-10)20-16(21)13-7-6-8-23-13/h6-8,10-11H,9H2,1-5H3,(H,20,21)/t10-,11+/m0/s1. The molecule has 3 heterocycles. The zero-order valence-electron chi connectivity index (χ0n) is 15.5. The number of fused-ring (bicyclic) bond motifs is 1. The number of hydrogen-bond donors (Lipinski definition) is 1. The van der Waals surface area contributed by atoms with E-state index in [1.165, 1.54) is 17.6 Å². The summed E-state index contributed by atoms with van der Waals surface area (Å²) in [7, 11) is 0. The number of furan rings is 1. The fourth-order valence-electron chi connectivity index (χ4n) is 2.97. The molecule has 26 heavy (non-hydrogen) atoms. The number of hydrogen-bond acceptors (Lipinski definition) is 6. The van der Waals surface area contributed by atoms with Gasteiger partial charge in [-0.25, -0.2) is 4.79 Å². The van der Waals surface area contributed by atoms with Crippen LogP contribution in [0.15, 0.2) is 22.8 Å². The van der Waals surface area contributed by atoms with Crippen LogP contribution >= 0.6 is 11.3 Å². The minimum atomic E-state index is -0.628. The molecule has 0 radical (unpaired) electrons. The van der Waals surface area contributed by atoms with Crippen LogP contribution in [-0.2, 0) is 15.9 Å². The van der Waals surface area contributed by atoms with Gasteiger partial charge in [-0.15, -0.1) is 11.3 Å². The number of ether oxygens (including phenoxy) is 2. The summed E-state index contributed by atoms with van der Waals surface area (Å²) < 4.78 is 16.6. The van der Waals surface area contributed by atoms with E-state index >= 15 is 0 Å². The Labute approximate surface area is 156 Å². The number of anilines is 1. The molecule has 1 N–H and O–H groups in total. The molecule has 0 fully saturated rings. The van der Waals surface area contributed by atoms with Gasteiger partial charge in [0.05, 0.1) is 24.0 Å². The van der Waals surface area contributed by atoms with Gasteiger partial charge >= 0.3 is 5.97 Å². The van der Waals surface area contributed by atoms with Crippen molar-refractivity contribution in [2.45, 2.75) is 58.8 Å². The predicted molar refractivity (Wildman–Crippen MR) is 98.8 cm³/mol. The molecule has 0 bridgehead atoms. The minimum Gasteiger partial charge on any atom is -0.459 e. The van der Waals surface area contributed by atoms with Crippen molar-refractivity contribution < 1.29 is 23.5 Å². The second-order valence-corrected chi connectivity index (χ2v) is 8.43. The minimum absolute atomic E-state index is 0.0121. The summed E-state index contributed by atoms with van der Waals surface area (Å²) >= 11 is 1.35. The van der Waals surface area contributed by atoms with Crippen LogP contribution in [0.2, 0.25) is 0 Å². The van der Waals surface area contributed by atoms with Gasteiger partial charge < -0.3 is 19.2 Å². The van der Waals surface area contributed by atoms with Crippen LogP contribution in [0.1, 0.15) is 72.1 Å². The molecule has 6 nitrogen and oxygen atoms in total. The molecule has 2 aromatic heterocycles. The quantitative estimate of drug-likeness (QED) is 0.793.